The minimum Gasteiger partial charge on any atom is -0.508 e. The number of hydrogen-bond donors (Lipinski definition) is 3. The van der Waals surface area contributed by atoms with Crippen LogP contribution in [0.25, 0.3) is 0 Å². The zero-order valence-electron chi connectivity index (χ0n) is 9.35. The number of fused-ring (bicyclic) bond motifs is 1. The maximum absolute atomic E-state index is 9.83. The summed E-state index contributed by atoms with van der Waals surface area (Å²) in [5, 5.41) is 16.6. The molecule has 0 saturated heterocycles. The molecule has 1 atom stereocenters. The summed E-state index contributed by atoms with van der Waals surface area (Å²) < 4.78 is 0. The molecule has 3 rings (SSSR count). The number of hydrogen-bond acceptors (Lipinski definition) is 3. The molecule has 3 heteroatoms. The van der Waals surface area contributed by atoms with Crippen molar-refractivity contribution < 1.29 is 5.11 Å². The molecule has 0 bridgehead atoms. The van der Waals surface area contributed by atoms with Crippen LogP contribution in [0.3, 0.4) is 0 Å². The van der Waals surface area contributed by atoms with Gasteiger partial charge in [-0.3, -0.25) is 5.32 Å². The van der Waals surface area contributed by atoms with E-state index in [0.717, 1.165) is 17.8 Å². The fourth-order valence-corrected chi connectivity index (χ4v) is 2.15. The Morgan fingerprint density at radius 2 is 1.76 bits per heavy atom. The van der Waals surface area contributed by atoms with E-state index in [1.807, 2.05) is 30.3 Å². The molecule has 0 spiro atoms. The van der Waals surface area contributed by atoms with Gasteiger partial charge in [0, 0.05) is 17.8 Å². The fourth-order valence-electron chi connectivity index (χ4n) is 2.15. The number of para-hydroxylation sites is 2. The summed E-state index contributed by atoms with van der Waals surface area (Å²) in [7, 11) is 0. The Hall–Kier alpha value is -2.00. The van der Waals surface area contributed by atoms with Crippen LogP contribution in [-0.2, 0) is 6.54 Å². The second-order valence-electron chi connectivity index (χ2n) is 4.17. The molecular weight excluding hydrogens is 212 g/mol. The summed E-state index contributed by atoms with van der Waals surface area (Å²) in [6.45, 7) is 0.808. The first-order chi connectivity index (χ1) is 8.34. The van der Waals surface area contributed by atoms with Gasteiger partial charge in [0.1, 0.15) is 11.9 Å². The van der Waals surface area contributed by atoms with E-state index in [1.165, 1.54) is 5.56 Å². The molecule has 86 valence electrons. The van der Waals surface area contributed by atoms with Crippen molar-refractivity contribution in [2.45, 2.75) is 12.7 Å². The van der Waals surface area contributed by atoms with E-state index in [9.17, 15) is 5.11 Å². The lowest BCUT2D eigenvalue weighted by Gasteiger charge is -2.29. The third-order valence-electron chi connectivity index (χ3n) is 3.06. The lowest BCUT2D eigenvalue weighted by atomic mass is 10.1. The van der Waals surface area contributed by atoms with Crippen molar-refractivity contribution in [2.24, 2.45) is 0 Å². The third kappa shape index (κ3) is 1.85. The highest BCUT2D eigenvalue weighted by Gasteiger charge is 2.19. The van der Waals surface area contributed by atoms with Gasteiger partial charge in [-0.2, -0.15) is 0 Å². The number of anilines is 1. The van der Waals surface area contributed by atoms with E-state index in [0.29, 0.717) is 5.75 Å². The Labute approximate surface area is 100 Å². The van der Waals surface area contributed by atoms with Gasteiger partial charge in [0.25, 0.3) is 0 Å². The first-order valence-corrected chi connectivity index (χ1v) is 5.70. The lowest BCUT2D eigenvalue weighted by molar-refractivity contribution is 0.452. The fraction of sp³-hybridized carbons (Fsp3) is 0.143. The Morgan fingerprint density at radius 3 is 2.65 bits per heavy atom. The lowest BCUT2D eigenvalue weighted by Crippen LogP contribution is -2.32. The van der Waals surface area contributed by atoms with Gasteiger partial charge < -0.3 is 10.4 Å². The number of benzene rings is 2. The van der Waals surface area contributed by atoms with Crippen LogP contribution in [0.4, 0.5) is 5.69 Å². The van der Waals surface area contributed by atoms with Gasteiger partial charge in [-0.25, -0.2) is 0 Å². The van der Waals surface area contributed by atoms with Gasteiger partial charge in [-0.05, 0) is 17.7 Å². The molecule has 1 aliphatic heterocycles. The second-order valence-corrected chi connectivity index (χ2v) is 4.17. The van der Waals surface area contributed by atoms with Crippen molar-refractivity contribution in [3.05, 3.63) is 59.7 Å². The van der Waals surface area contributed by atoms with Crippen molar-refractivity contribution >= 4 is 5.69 Å². The smallest absolute Gasteiger partial charge is 0.122 e. The molecule has 0 aliphatic carbocycles. The number of nitrogens with one attached hydrogen (secondary N) is 2. The summed E-state index contributed by atoms with van der Waals surface area (Å²) in [5.41, 5.74) is 3.25. The molecule has 0 aromatic heterocycles. The van der Waals surface area contributed by atoms with E-state index in [-0.39, 0.29) is 6.17 Å². The van der Waals surface area contributed by atoms with E-state index >= 15 is 0 Å². The number of phenolic OH excluding ortho intramolecular Hbond substituents is 1. The molecule has 1 aliphatic rings. The topological polar surface area (TPSA) is 44.3 Å². The second kappa shape index (κ2) is 4.11. The summed E-state index contributed by atoms with van der Waals surface area (Å²) in [5.74, 6) is 0.317. The summed E-state index contributed by atoms with van der Waals surface area (Å²) in [6.07, 6.45) is -0.0360. The van der Waals surface area contributed by atoms with Crippen LogP contribution in [0, 0.1) is 0 Å². The Kier molecular flexibility index (Phi) is 2.46. The van der Waals surface area contributed by atoms with Crippen molar-refractivity contribution in [1.29, 1.82) is 0 Å². The van der Waals surface area contributed by atoms with E-state index in [2.05, 4.69) is 22.8 Å². The van der Waals surface area contributed by atoms with Crippen LogP contribution < -0.4 is 10.6 Å². The maximum Gasteiger partial charge on any atom is 0.122 e. The van der Waals surface area contributed by atoms with Crippen LogP contribution in [0.15, 0.2) is 48.5 Å². The molecule has 0 radical (unpaired) electrons. The van der Waals surface area contributed by atoms with Crippen molar-refractivity contribution in [1.82, 2.24) is 5.32 Å². The molecule has 1 unspecified atom stereocenters. The van der Waals surface area contributed by atoms with E-state index < -0.39 is 0 Å². The molecule has 2 aromatic carbocycles. The molecule has 17 heavy (non-hydrogen) atoms. The van der Waals surface area contributed by atoms with Gasteiger partial charge in [0.15, 0.2) is 0 Å². The Bertz CT molecular complexity index is 539. The third-order valence-corrected chi connectivity index (χ3v) is 3.06. The Balaban J connectivity index is 1.92. The highest BCUT2D eigenvalue weighted by Crippen LogP contribution is 2.30. The molecule has 0 fully saturated rings. The minimum absolute atomic E-state index is 0.0360. The summed E-state index contributed by atoms with van der Waals surface area (Å²) >= 11 is 0. The van der Waals surface area contributed by atoms with Gasteiger partial charge in [0.05, 0.1) is 0 Å². The molecule has 2 aromatic rings. The van der Waals surface area contributed by atoms with Gasteiger partial charge >= 0.3 is 0 Å². The predicted octanol–water partition coefficient (Wildman–Crippen LogP) is 2.61. The molecular formula is C14H14N2O. The van der Waals surface area contributed by atoms with Gasteiger partial charge in [-0.15, -0.1) is 0 Å². The number of aromatic hydroxyl groups is 1. The maximum atomic E-state index is 9.83. The zero-order valence-corrected chi connectivity index (χ0v) is 9.35. The first kappa shape index (κ1) is 10.2. The van der Waals surface area contributed by atoms with Crippen LogP contribution in [0.1, 0.15) is 17.3 Å². The largest absolute Gasteiger partial charge is 0.508 e. The van der Waals surface area contributed by atoms with Crippen LogP contribution in [0.2, 0.25) is 0 Å². The summed E-state index contributed by atoms with van der Waals surface area (Å²) in [6, 6.07) is 15.6. The van der Waals surface area contributed by atoms with Crippen LogP contribution in [0.5, 0.6) is 5.75 Å². The molecule has 3 N–H and O–H groups in total. The number of phenols is 1. The zero-order chi connectivity index (χ0) is 11.7. The average Bonchev–Trinajstić information content (AvgIpc) is 2.39. The van der Waals surface area contributed by atoms with Crippen LogP contribution >= 0.6 is 0 Å². The van der Waals surface area contributed by atoms with Crippen molar-refractivity contribution in [3.63, 3.8) is 0 Å². The number of rotatable bonds is 1. The van der Waals surface area contributed by atoms with Crippen LogP contribution in [-0.4, -0.2) is 5.11 Å². The monoisotopic (exact) mass is 226 g/mol. The minimum atomic E-state index is -0.0360. The van der Waals surface area contributed by atoms with Crippen molar-refractivity contribution in [3.8, 4) is 5.75 Å². The Morgan fingerprint density at radius 1 is 1.00 bits per heavy atom. The van der Waals surface area contributed by atoms with E-state index in [1.54, 1.807) is 6.07 Å². The molecule has 0 saturated carbocycles. The van der Waals surface area contributed by atoms with Gasteiger partial charge in [0.2, 0.25) is 0 Å². The highest BCUT2D eigenvalue weighted by molar-refractivity contribution is 5.55. The average molecular weight is 226 g/mol. The van der Waals surface area contributed by atoms with E-state index in [4.69, 9.17) is 0 Å². The highest BCUT2D eigenvalue weighted by atomic mass is 16.3. The normalized spacial score (nSPS) is 18.2. The molecule has 3 nitrogen and oxygen atoms in total. The van der Waals surface area contributed by atoms with Crippen molar-refractivity contribution in [2.75, 3.05) is 5.32 Å². The van der Waals surface area contributed by atoms with Gasteiger partial charge in [-0.1, -0.05) is 36.4 Å². The standard InChI is InChI=1S/C14H14N2O/c17-13-8-4-2-6-11(13)14-15-9-10-5-1-3-7-12(10)16-14/h1-8,14-17H,9H2. The summed E-state index contributed by atoms with van der Waals surface area (Å²) in [4.78, 5) is 0. The SMILES string of the molecule is Oc1ccccc1C1NCc2ccccc2N1. The quantitative estimate of drug-likeness (QED) is 0.700. The molecule has 1 heterocycles. The first-order valence-electron chi connectivity index (χ1n) is 5.70. The molecule has 0 amide bonds. The predicted molar refractivity (Wildman–Crippen MR) is 67.8 cm³/mol.